The molecule has 0 atom stereocenters. The quantitative estimate of drug-likeness (QED) is 0.867. The molecule has 2 aromatic rings. The maximum absolute atomic E-state index is 12.9. The minimum absolute atomic E-state index is 0.0994. The number of benzene rings is 1. The van der Waals surface area contributed by atoms with Crippen molar-refractivity contribution in [3.8, 4) is 11.4 Å². The van der Waals surface area contributed by atoms with Gasteiger partial charge >= 0.3 is 6.18 Å². The van der Waals surface area contributed by atoms with Gasteiger partial charge in [-0.25, -0.2) is 4.68 Å². The van der Waals surface area contributed by atoms with E-state index in [1.165, 1.54) is 37.5 Å². The Labute approximate surface area is 112 Å². The van der Waals surface area contributed by atoms with Crippen LogP contribution in [0.15, 0.2) is 36.7 Å². The van der Waals surface area contributed by atoms with Crippen LogP contribution in [0, 0.1) is 0 Å². The maximum Gasteiger partial charge on any atom is 0.418 e. The molecule has 0 radical (unpaired) electrons. The number of hydrogen-bond acceptors (Lipinski definition) is 3. The van der Waals surface area contributed by atoms with Crippen LogP contribution in [0.1, 0.15) is 12.5 Å². The highest BCUT2D eigenvalue weighted by molar-refractivity contribution is 5.77. The van der Waals surface area contributed by atoms with Crippen LogP contribution in [-0.4, -0.2) is 22.2 Å². The zero-order valence-corrected chi connectivity index (χ0v) is 10.5. The van der Waals surface area contributed by atoms with E-state index >= 15 is 0 Å². The first-order valence-electron chi connectivity index (χ1n) is 5.71. The summed E-state index contributed by atoms with van der Waals surface area (Å²) in [5.74, 6) is 0.0469. The fourth-order valence-corrected chi connectivity index (χ4v) is 1.61. The van der Waals surface area contributed by atoms with Gasteiger partial charge in [-0.1, -0.05) is 12.1 Å². The Bertz CT molecular complexity index is 620. The molecule has 1 heterocycles. The molecule has 0 aliphatic rings. The molecule has 0 saturated carbocycles. The van der Waals surface area contributed by atoms with Gasteiger partial charge in [0.2, 0.25) is 0 Å². The highest BCUT2D eigenvalue weighted by Gasteiger charge is 2.33. The van der Waals surface area contributed by atoms with Gasteiger partial charge in [-0.05, 0) is 19.1 Å². The minimum atomic E-state index is -4.47. The molecule has 2 rings (SSSR count). The zero-order chi connectivity index (χ0) is 14.8. The van der Waals surface area contributed by atoms with E-state index in [-0.39, 0.29) is 23.8 Å². The largest absolute Gasteiger partial charge is 0.483 e. The van der Waals surface area contributed by atoms with Crippen molar-refractivity contribution in [2.45, 2.75) is 13.1 Å². The van der Waals surface area contributed by atoms with Crippen molar-refractivity contribution in [3.63, 3.8) is 0 Å². The van der Waals surface area contributed by atoms with Crippen LogP contribution in [-0.2, 0) is 11.0 Å². The van der Waals surface area contributed by atoms with Gasteiger partial charge in [-0.2, -0.15) is 18.3 Å². The van der Waals surface area contributed by atoms with Crippen molar-refractivity contribution in [1.29, 1.82) is 0 Å². The molecule has 0 unspecified atom stereocenters. The smallest absolute Gasteiger partial charge is 0.418 e. The third-order valence-electron chi connectivity index (χ3n) is 2.46. The van der Waals surface area contributed by atoms with Gasteiger partial charge < -0.3 is 4.74 Å². The zero-order valence-electron chi connectivity index (χ0n) is 10.5. The Kier molecular flexibility index (Phi) is 3.78. The van der Waals surface area contributed by atoms with Crippen molar-refractivity contribution in [2.24, 2.45) is 0 Å². The first kappa shape index (κ1) is 14.1. The van der Waals surface area contributed by atoms with E-state index in [1.54, 1.807) is 0 Å². The highest BCUT2D eigenvalue weighted by Crippen LogP contribution is 2.33. The topological polar surface area (TPSA) is 44.1 Å². The van der Waals surface area contributed by atoms with Crippen molar-refractivity contribution < 1.29 is 22.7 Å². The molecule has 20 heavy (non-hydrogen) atoms. The van der Waals surface area contributed by atoms with E-state index in [4.69, 9.17) is 4.74 Å². The Morgan fingerprint density at radius 1 is 1.35 bits per heavy atom. The van der Waals surface area contributed by atoms with Crippen LogP contribution in [0.4, 0.5) is 13.2 Å². The molecular weight excluding hydrogens is 273 g/mol. The van der Waals surface area contributed by atoms with Crippen molar-refractivity contribution in [1.82, 2.24) is 9.78 Å². The molecule has 0 aliphatic heterocycles. The first-order valence-corrected chi connectivity index (χ1v) is 5.71. The lowest BCUT2D eigenvalue weighted by Gasteiger charge is -2.12. The number of halogens is 3. The van der Waals surface area contributed by atoms with E-state index in [2.05, 4.69) is 5.10 Å². The lowest BCUT2D eigenvalue weighted by molar-refractivity contribution is -0.137. The number of alkyl halides is 3. The predicted octanol–water partition coefficient (Wildman–Crippen LogP) is 2.86. The van der Waals surface area contributed by atoms with Gasteiger partial charge in [0, 0.05) is 0 Å². The number of para-hydroxylation sites is 1. The number of carbonyl (C=O) groups excluding carboxylic acids is 1. The van der Waals surface area contributed by atoms with E-state index in [0.717, 1.165) is 10.7 Å². The van der Waals surface area contributed by atoms with Crippen LogP contribution < -0.4 is 4.74 Å². The van der Waals surface area contributed by atoms with Gasteiger partial charge in [0.25, 0.3) is 0 Å². The van der Waals surface area contributed by atoms with E-state index in [1.807, 2.05) is 0 Å². The third kappa shape index (κ3) is 3.17. The molecule has 0 spiro atoms. The summed E-state index contributed by atoms with van der Waals surface area (Å²) >= 11 is 0. The van der Waals surface area contributed by atoms with Crippen molar-refractivity contribution in [3.05, 3.63) is 42.2 Å². The van der Waals surface area contributed by atoms with E-state index in [9.17, 15) is 18.0 Å². The fourth-order valence-electron chi connectivity index (χ4n) is 1.61. The van der Waals surface area contributed by atoms with E-state index < -0.39 is 11.7 Å². The van der Waals surface area contributed by atoms with Gasteiger partial charge in [0.15, 0.2) is 11.5 Å². The molecular formula is C13H11F3N2O2. The van der Waals surface area contributed by atoms with Crippen LogP contribution >= 0.6 is 0 Å². The number of ether oxygens (including phenoxy) is 1. The second-order valence-corrected chi connectivity index (χ2v) is 4.13. The second-order valence-electron chi connectivity index (χ2n) is 4.13. The third-order valence-corrected chi connectivity index (χ3v) is 2.46. The van der Waals surface area contributed by atoms with Gasteiger partial charge in [0.1, 0.15) is 6.61 Å². The van der Waals surface area contributed by atoms with Crippen LogP contribution in [0.3, 0.4) is 0 Å². The lowest BCUT2D eigenvalue weighted by Crippen LogP contribution is -2.10. The van der Waals surface area contributed by atoms with Gasteiger partial charge in [-0.3, -0.25) is 4.79 Å². The maximum atomic E-state index is 12.9. The monoisotopic (exact) mass is 284 g/mol. The average molecular weight is 284 g/mol. The van der Waals surface area contributed by atoms with Crippen LogP contribution in [0.25, 0.3) is 5.69 Å². The lowest BCUT2D eigenvalue weighted by atomic mass is 10.2. The highest BCUT2D eigenvalue weighted by atomic mass is 19.4. The molecule has 106 valence electrons. The summed E-state index contributed by atoms with van der Waals surface area (Å²) < 4.78 is 44.8. The number of carbonyl (C=O) groups is 1. The summed E-state index contributed by atoms with van der Waals surface area (Å²) in [7, 11) is 0. The molecule has 0 fully saturated rings. The number of aromatic nitrogens is 2. The SMILES string of the molecule is CC(=O)COc1cnn(-c2ccccc2C(F)(F)F)c1. The number of hydrogen-bond donors (Lipinski definition) is 0. The molecule has 0 aliphatic carbocycles. The molecule has 0 saturated heterocycles. The summed E-state index contributed by atoms with van der Waals surface area (Å²) in [5, 5.41) is 3.82. The summed E-state index contributed by atoms with van der Waals surface area (Å²) in [4.78, 5) is 10.8. The second kappa shape index (κ2) is 5.36. The summed E-state index contributed by atoms with van der Waals surface area (Å²) in [6, 6.07) is 5.09. The Hall–Kier alpha value is -2.31. The fraction of sp³-hybridized carbons (Fsp3) is 0.231. The van der Waals surface area contributed by atoms with Gasteiger partial charge in [-0.15, -0.1) is 0 Å². The molecule has 7 heteroatoms. The molecule has 1 aromatic heterocycles. The van der Waals surface area contributed by atoms with Crippen LogP contribution in [0.5, 0.6) is 5.75 Å². The molecule has 0 bridgehead atoms. The standard InChI is InChI=1S/C13H11F3N2O2/c1-9(19)8-20-10-6-17-18(7-10)12-5-3-2-4-11(12)13(14,15)16/h2-7H,8H2,1H3. The van der Waals surface area contributed by atoms with Crippen molar-refractivity contribution >= 4 is 5.78 Å². The normalized spacial score (nSPS) is 11.4. The summed E-state index contributed by atoms with van der Waals surface area (Å²) in [5.41, 5.74) is -0.890. The number of ketones is 1. The molecule has 0 amide bonds. The predicted molar refractivity (Wildman–Crippen MR) is 64.7 cm³/mol. The number of Topliss-reactive ketones (excluding diaryl/α,β-unsaturated/α-hetero) is 1. The average Bonchev–Trinajstić information content (AvgIpc) is 2.84. The summed E-state index contributed by atoms with van der Waals surface area (Å²) in [6.07, 6.45) is -1.91. The molecule has 0 N–H and O–H groups in total. The van der Waals surface area contributed by atoms with E-state index in [0.29, 0.717) is 0 Å². The minimum Gasteiger partial charge on any atom is -0.483 e. The number of rotatable bonds is 4. The Morgan fingerprint density at radius 3 is 2.70 bits per heavy atom. The first-order chi connectivity index (χ1) is 9.38. The van der Waals surface area contributed by atoms with Crippen molar-refractivity contribution in [2.75, 3.05) is 6.61 Å². The molecule has 4 nitrogen and oxygen atoms in total. The molecule has 1 aromatic carbocycles. The van der Waals surface area contributed by atoms with Gasteiger partial charge in [0.05, 0.1) is 23.6 Å². The Morgan fingerprint density at radius 2 is 2.05 bits per heavy atom. The van der Waals surface area contributed by atoms with Crippen LogP contribution in [0.2, 0.25) is 0 Å². The number of nitrogens with zero attached hydrogens (tertiary/aromatic N) is 2. The Balaban J connectivity index is 2.31. The summed E-state index contributed by atoms with van der Waals surface area (Å²) in [6.45, 7) is 1.20.